The van der Waals surface area contributed by atoms with E-state index in [-0.39, 0.29) is 17.4 Å². The van der Waals surface area contributed by atoms with Crippen molar-refractivity contribution in [3.05, 3.63) is 64.0 Å². The average molecular weight is 491 g/mol. The molecule has 1 aromatic carbocycles. The van der Waals surface area contributed by atoms with Crippen LogP contribution in [0.15, 0.2) is 53.5 Å². The highest BCUT2D eigenvalue weighted by Gasteiger charge is 2.25. The Kier molecular flexibility index (Phi) is 7.11. The fraction of sp³-hybridized carbons (Fsp3) is 0.320. The van der Waals surface area contributed by atoms with Crippen LogP contribution in [0.3, 0.4) is 0 Å². The van der Waals surface area contributed by atoms with Crippen molar-refractivity contribution >= 4 is 35.1 Å². The molecule has 3 aromatic rings. The number of allylic oxidation sites excluding steroid dienone is 1. The number of hydrogen-bond acceptors (Lipinski definition) is 9. The molecule has 0 spiro atoms. The Hall–Kier alpha value is -3.79. The highest BCUT2D eigenvalue weighted by Crippen LogP contribution is 2.34. The molecule has 1 aliphatic rings. The minimum atomic E-state index is -0.0918. The van der Waals surface area contributed by atoms with Crippen LogP contribution >= 0.6 is 11.3 Å². The molecule has 35 heavy (non-hydrogen) atoms. The zero-order valence-electron chi connectivity index (χ0n) is 20.3. The third kappa shape index (κ3) is 5.65. The number of anilines is 2. The van der Waals surface area contributed by atoms with Gasteiger partial charge in [-0.2, -0.15) is 0 Å². The summed E-state index contributed by atoms with van der Waals surface area (Å²) in [6, 6.07) is 7.87. The Balaban J connectivity index is 1.53. The van der Waals surface area contributed by atoms with Crippen LogP contribution < -0.4 is 21.7 Å². The maximum absolute atomic E-state index is 12.9. The van der Waals surface area contributed by atoms with Gasteiger partial charge in [0.25, 0.3) is 5.91 Å². The summed E-state index contributed by atoms with van der Waals surface area (Å²) in [6.45, 7) is 7.04. The van der Waals surface area contributed by atoms with E-state index in [4.69, 9.17) is 5.73 Å². The molecule has 0 fully saturated rings. The van der Waals surface area contributed by atoms with Gasteiger partial charge in [-0.1, -0.05) is 32.9 Å². The van der Waals surface area contributed by atoms with E-state index in [1.165, 1.54) is 17.5 Å². The number of aliphatic imine (C=N–C) groups is 1. The molecule has 1 unspecified atom stereocenters. The van der Waals surface area contributed by atoms with Crippen molar-refractivity contribution in [2.75, 3.05) is 24.2 Å². The quantitative estimate of drug-likeness (QED) is 0.383. The highest BCUT2D eigenvalue weighted by molar-refractivity contribution is 7.13. The van der Waals surface area contributed by atoms with Crippen molar-refractivity contribution in [1.82, 2.24) is 20.3 Å². The number of carbonyl (C=O) groups excluding carboxylic acids is 1. The fourth-order valence-electron chi connectivity index (χ4n) is 3.75. The number of amides is 1. The molecule has 1 aliphatic heterocycles. The zero-order chi connectivity index (χ0) is 25.0. The van der Waals surface area contributed by atoms with Crippen LogP contribution in [0.25, 0.3) is 11.3 Å². The third-order valence-electron chi connectivity index (χ3n) is 5.51. The van der Waals surface area contributed by atoms with Crippen LogP contribution in [0.1, 0.15) is 53.5 Å². The Morgan fingerprint density at radius 2 is 2.11 bits per heavy atom. The van der Waals surface area contributed by atoms with Crippen molar-refractivity contribution in [2.45, 2.75) is 38.6 Å². The summed E-state index contributed by atoms with van der Waals surface area (Å²) in [7, 11) is 1.67. The van der Waals surface area contributed by atoms with Crippen LogP contribution in [0.2, 0.25) is 0 Å². The SMILES string of the molecule is CN=CC(=CN)Nc1nccc(-c2ccc3c(c2)NCCC3NC(=O)c2cnc(C(C)(C)C)s2)n1. The molecular weight excluding hydrogens is 460 g/mol. The molecular formula is C25H30N8OS. The lowest BCUT2D eigenvalue weighted by Crippen LogP contribution is -2.32. The van der Waals surface area contributed by atoms with E-state index in [1.54, 1.807) is 25.7 Å². The predicted octanol–water partition coefficient (Wildman–Crippen LogP) is 4.10. The highest BCUT2D eigenvalue weighted by atomic mass is 32.1. The van der Waals surface area contributed by atoms with Gasteiger partial charge in [-0.3, -0.25) is 9.79 Å². The second kappa shape index (κ2) is 10.2. The van der Waals surface area contributed by atoms with Gasteiger partial charge in [-0.15, -0.1) is 11.3 Å². The summed E-state index contributed by atoms with van der Waals surface area (Å²) in [5.74, 6) is 0.333. The molecule has 0 aliphatic carbocycles. The Labute approximate surface area is 209 Å². The largest absolute Gasteiger partial charge is 0.403 e. The molecule has 0 saturated carbocycles. The lowest BCUT2D eigenvalue weighted by Gasteiger charge is -2.28. The Bertz CT molecular complexity index is 1270. The number of fused-ring (bicyclic) bond motifs is 1. The monoisotopic (exact) mass is 490 g/mol. The number of carbonyl (C=O) groups is 1. The van der Waals surface area contributed by atoms with Gasteiger partial charge in [-0.25, -0.2) is 15.0 Å². The van der Waals surface area contributed by atoms with E-state index < -0.39 is 0 Å². The molecule has 4 rings (SSSR count). The molecule has 182 valence electrons. The van der Waals surface area contributed by atoms with E-state index in [0.29, 0.717) is 16.5 Å². The first-order chi connectivity index (χ1) is 16.8. The smallest absolute Gasteiger partial charge is 0.263 e. The molecule has 10 heteroatoms. The summed E-state index contributed by atoms with van der Waals surface area (Å²) in [4.78, 5) is 30.8. The number of benzene rings is 1. The minimum Gasteiger partial charge on any atom is -0.403 e. The predicted molar refractivity (Wildman–Crippen MR) is 142 cm³/mol. The van der Waals surface area contributed by atoms with Crippen LogP contribution in [-0.2, 0) is 5.41 Å². The zero-order valence-corrected chi connectivity index (χ0v) is 21.1. The Morgan fingerprint density at radius 3 is 2.83 bits per heavy atom. The summed E-state index contributed by atoms with van der Waals surface area (Å²) < 4.78 is 0. The van der Waals surface area contributed by atoms with Crippen LogP contribution in [-0.4, -0.2) is 40.7 Å². The maximum Gasteiger partial charge on any atom is 0.263 e. The van der Waals surface area contributed by atoms with Gasteiger partial charge in [0.2, 0.25) is 5.95 Å². The summed E-state index contributed by atoms with van der Waals surface area (Å²) in [6.07, 6.45) is 7.18. The van der Waals surface area contributed by atoms with E-state index in [2.05, 4.69) is 62.7 Å². The standard InChI is InChI=1S/C25H30N8OS/c1-25(2,3)23-30-14-21(35-23)22(34)32-19-8-9-28-20-11-15(5-6-17(19)20)18-7-10-29-24(33-18)31-16(12-26)13-27-4/h5-7,10-14,19,28H,8-9,26H2,1-4H3,(H,32,34)(H,29,31,33). The van der Waals surface area contributed by atoms with Crippen LogP contribution in [0.5, 0.6) is 0 Å². The number of aromatic nitrogens is 3. The Morgan fingerprint density at radius 1 is 1.29 bits per heavy atom. The van der Waals surface area contributed by atoms with Crippen molar-refractivity contribution in [1.29, 1.82) is 0 Å². The van der Waals surface area contributed by atoms with Gasteiger partial charge in [0.1, 0.15) is 4.88 Å². The van der Waals surface area contributed by atoms with E-state index in [1.807, 2.05) is 18.2 Å². The lowest BCUT2D eigenvalue weighted by molar-refractivity contribution is 0.0938. The molecule has 0 radical (unpaired) electrons. The van der Waals surface area contributed by atoms with Gasteiger partial charge in [0.15, 0.2) is 0 Å². The average Bonchev–Trinajstić information content (AvgIpc) is 3.35. The minimum absolute atomic E-state index is 0.0803. The number of nitrogens with zero attached hydrogens (tertiary/aromatic N) is 4. The number of thiazole rings is 1. The summed E-state index contributed by atoms with van der Waals surface area (Å²) in [5.41, 5.74) is 9.88. The molecule has 0 bridgehead atoms. The summed E-state index contributed by atoms with van der Waals surface area (Å²) >= 11 is 1.45. The van der Waals surface area contributed by atoms with Crippen LogP contribution in [0.4, 0.5) is 11.6 Å². The number of rotatable bonds is 6. The second-order valence-corrected chi connectivity index (χ2v) is 10.3. The lowest BCUT2D eigenvalue weighted by atomic mass is 9.95. The number of nitrogens with one attached hydrogen (secondary N) is 3. The van der Waals surface area contributed by atoms with E-state index >= 15 is 0 Å². The molecule has 1 amide bonds. The number of nitrogens with two attached hydrogens (primary N) is 1. The maximum atomic E-state index is 12.9. The number of hydrogen-bond donors (Lipinski definition) is 4. The first kappa shape index (κ1) is 24.3. The second-order valence-electron chi connectivity index (χ2n) is 9.22. The van der Waals surface area contributed by atoms with Gasteiger partial charge < -0.3 is 21.7 Å². The van der Waals surface area contributed by atoms with Crippen molar-refractivity contribution < 1.29 is 4.79 Å². The normalized spacial score (nSPS) is 16.0. The van der Waals surface area contributed by atoms with Crippen LogP contribution in [0, 0.1) is 0 Å². The van der Waals surface area contributed by atoms with Gasteiger partial charge in [-0.05, 0) is 24.1 Å². The van der Waals surface area contributed by atoms with E-state index in [9.17, 15) is 4.79 Å². The molecule has 0 saturated heterocycles. The molecule has 1 atom stereocenters. The van der Waals surface area contributed by atoms with E-state index in [0.717, 1.165) is 40.5 Å². The van der Waals surface area contributed by atoms with Crippen molar-refractivity contribution in [2.24, 2.45) is 10.7 Å². The molecule has 9 nitrogen and oxygen atoms in total. The topological polar surface area (TPSA) is 130 Å². The van der Waals surface area contributed by atoms with Gasteiger partial charge in [0.05, 0.1) is 28.6 Å². The first-order valence-corrected chi connectivity index (χ1v) is 12.2. The molecule has 2 aromatic heterocycles. The van der Waals surface area contributed by atoms with Gasteiger partial charge >= 0.3 is 0 Å². The first-order valence-electron chi connectivity index (χ1n) is 11.4. The summed E-state index contributed by atoms with van der Waals surface area (Å²) in [5, 5.41) is 10.6. The van der Waals surface area contributed by atoms with Crippen molar-refractivity contribution in [3.8, 4) is 11.3 Å². The molecule has 3 heterocycles. The molecule has 5 N–H and O–H groups in total. The third-order valence-corrected chi connectivity index (χ3v) is 6.93. The van der Waals surface area contributed by atoms with Gasteiger partial charge in [0, 0.05) is 48.9 Å². The van der Waals surface area contributed by atoms with Crippen molar-refractivity contribution in [3.63, 3.8) is 0 Å². The fourth-order valence-corrected chi connectivity index (χ4v) is 4.63.